The predicted octanol–water partition coefficient (Wildman–Crippen LogP) is 3.29. The maximum Gasteiger partial charge on any atom is 0.321 e. The Kier molecular flexibility index (Phi) is 5.92. The number of nitrogens with zero attached hydrogens (tertiary/aromatic N) is 2. The van der Waals surface area contributed by atoms with Gasteiger partial charge in [-0.2, -0.15) is 0 Å². The van der Waals surface area contributed by atoms with Crippen LogP contribution in [0.1, 0.15) is 38.2 Å². The van der Waals surface area contributed by atoms with Crippen LogP contribution in [0.25, 0.3) is 11.5 Å². The molecule has 1 atom stereocenters. The van der Waals surface area contributed by atoms with Gasteiger partial charge in [-0.05, 0) is 38.8 Å². The number of hydrogen-bond acceptors (Lipinski definition) is 6. The molecular formula is C18H22N4O3S. The van der Waals surface area contributed by atoms with E-state index in [0.717, 1.165) is 48.6 Å². The molecule has 1 aromatic heterocycles. The van der Waals surface area contributed by atoms with Crippen LogP contribution in [0.15, 0.2) is 33.9 Å². The van der Waals surface area contributed by atoms with Crippen molar-refractivity contribution in [2.45, 2.75) is 56.0 Å². The van der Waals surface area contributed by atoms with Gasteiger partial charge in [0.1, 0.15) is 0 Å². The second-order valence-electron chi connectivity index (χ2n) is 6.44. The Labute approximate surface area is 156 Å². The van der Waals surface area contributed by atoms with Gasteiger partial charge >= 0.3 is 6.03 Å². The highest BCUT2D eigenvalue weighted by atomic mass is 32.2. The molecule has 1 heterocycles. The second kappa shape index (κ2) is 8.35. The lowest BCUT2D eigenvalue weighted by Crippen LogP contribution is -2.45. The van der Waals surface area contributed by atoms with Crippen molar-refractivity contribution in [3.05, 3.63) is 29.8 Å². The molecule has 0 radical (unpaired) electrons. The molecule has 1 aromatic carbocycles. The number of amides is 3. The Morgan fingerprint density at radius 1 is 1.19 bits per heavy atom. The number of carbonyl (C=O) groups is 2. The molecule has 0 bridgehead atoms. The van der Waals surface area contributed by atoms with Crippen LogP contribution in [0.3, 0.4) is 0 Å². The van der Waals surface area contributed by atoms with Gasteiger partial charge in [0.15, 0.2) is 0 Å². The molecule has 0 aliphatic heterocycles. The monoisotopic (exact) mass is 374 g/mol. The van der Waals surface area contributed by atoms with E-state index < -0.39 is 11.3 Å². The van der Waals surface area contributed by atoms with Gasteiger partial charge in [-0.1, -0.05) is 42.3 Å². The molecule has 0 unspecified atom stereocenters. The molecule has 7 nitrogen and oxygen atoms in total. The molecule has 3 rings (SSSR count). The SMILES string of the molecule is Cc1ccc(-c2nnc(S[C@@H](C)C(=O)NC(=O)NC3CCCC3)o2)cc1. The smallest absolute Gasteiger partial charge is 0.321 e. The standard InChI is InChI=1S/C18H22N4O3S/c1-11-7-9-13(10-8-11)16-21-22-18(25-16)26-12(2)15(23)20-17(24)19-14-5-3-4-6-14/h7-10,12,14H,3-6H2,1-2H3,(H2,19,20,23,24)/t12-/m0/s1. The highest BCUT2D eigenvalue weighted by Crippen LogP contribution is 2.26. The molecule has 2 aromatic rings. The van der Waals surface area contributed by atoms with Crippen molar-refractivity contribution in [1.82, 2.24) is 20.8 Å². The van der Waals surface area contributed by atoms with Gasteiger partial charge in [0.2, 0.25) is 11.8 Å². The number of carbonyl (C=O) groups excluding carboxylic acids is 2. The van der Waals surface area contributed by atoms with Crippen molar-refractivity contribution in [2.24, 2.45) is 0 Å². The fourth-order valence-corrected chi connectivity index (χ4v) is 3.46. The van der Waals surface area contributed by atoms with Crippen LogP contribution in [-0.2, 0) is 4.79 Å². The summed E-state index contributed by atoms with van der Waals surface area (Å²) >= 11 is 1.12. The van der Waals surface area contributed by atoms with E-state index in [1.165, 1.54) is 0 Å². The molecule has 1 aliphatic carbocycles. The summed E-state index contributed by atoms with van der Waals surface area (Å²) in [5.74, 6) is 0.0136. The predicted molar refractivity (Wildman–Crippen MR) is 98.7 cm³/mol. The molecule has 3 amide bonds. The number of imide groups is 1. The van der Waals surface area contributed by atoms with Crippen molar-refractivity contribution < 1.29 is 14.0 Å². The maximum absolute atomic E-state index is 12.2. The number of thioether (sulfide) groups is 1. The molecular weight excluding hydrogens is 352 g/mol. The summed E-state index contributed by atoms with van der Waals surface area (Å²) in [5, 5.41) is 12.9. The first-order valence-electron chi connectivity index (χ1n) is 8.70. The third kappa shape index (κ3) is 4.85. The fraction of sp³-hybridized carbons (Fsp3) is 0.444. The zero-order valence-electron chi connectivity index (χ0n) is 14.8. The Morgan fingerprint density at radius 3 is 2.58 bits per heavy atom. The number of nitrogens with one attached hydrogen (secondary N) is 2. The molecule has 8 heteroatoms. The summed E-state index contributed by atoms with van der Waals surface area (Å²) in [5.41, 5.74) is 1.96. The number of urea groups is 1. The van der Waals surface area contributed by atoms with Crippen molar-refractivity contribution in [2.75, 3.05) is 0 Å². The van der Waals surface area contributed by atoms with Crippen molar-refractivity contribution in [3.63, 3.8) is 0 Å². The average Bonchev–Trinajstić information content (AvgIpc) is 3.27. The van der Waals surface area contributed by atoms with Crippen LogP contribution in [-0.4, -0.2) is 33.4 Å². The average molecular weight is 374 g/mol. The van der Waals surface area contributed by atoms with Gasteiger partial charge in [0, 0.05) is 11.6 Å². The topological polar surface area (TPSA) is 97.1 Å². The summed E-state index contributed by atoms with van der Waals surface area (Å²) < 4.78 is 5.60. The minimum Gasteiger partial charge on any atom is -0.411 e. The Morgan fingerprint density at radius 2 is 1.88 bits per heavy atom. The van der Waals surface area contributed by atoms with E-state index in [1.54, 1.807) is 6.92 Å². The number of rotatable bonds is 5. The van der Waals surface area contributed by atoms with E-state index in [9.17, 15) is 9.59 Å². The molecule has 2 N–H and O–H groups in total. The van der Waals surface area contributed by atoms with Crippen LogP contribution in [0.4, 0.5) is 4.79 Å². The van der Waals surface area contributed by atoms with Crippen LogP contribution < -0.4 is 10.6 Å². The first-order valence-corrected chi connectivity index (χ1v) is 9.58. The number of hydrogen-bond donors (Lipinski definition) is 2. The van der Waals surface area contributed by atoms with Crippen molar-refractivity contribution in [3.8, 4) is 11.5 Å². The van der Waals surface area contributed by atoms with Crippen LogP contribution >= 0.6 is 11.8 Å². The summed E-state index contributed by atoms with van der Waals surface area (Å²) in [4.78, 5) is 24.0. The summed E-state index contributed by atoms with van der Waals surface area (Å²) in [7, 11) is 0. The zero-order chi connectivity index (χ0) is 18.5. The van der Waals surface area contributed by atoms with Gasteiger partial charge in [-0.15, -0.1) is 10.2 Å². The minimum atomic E-state index is -0.532. The fourth-order valence-electron chi connectivity index (χ4n) is 2.78. The third-order valence-corrected chi connectivity index (χ3v) is 5.21. The Bertz CT molecular complexity index is 769. The third-order valence-electron chi connectivity index (χ3n) is 4.28. The molecule has 26 heavy (non-hydrogen) atoms. The van der Waals surface area contributed by atoms with Gasteiger partial charge in [-0.25, -0.2) is 4.79 Å². The first-order chi connectivity index (χ1) is 12.5. The molecule has 0 saturated heterocycles. The number of aromatic nitrogens is 2. The molecule has 1 aliphatic rings. The second-order valence-corrected chi connectivity index (χ2v) is 7.74. The van der Waals surface area contributed by atoms with Crippen LogP contribution in [0, 0.1) is 6.92 Å². The Hall–Kier alpha value is -2.35. The summed E-state index contributed by atoms with van der Waals surface area (Å²) in [6.07, 6.45) is 4.17. The summed E-state index contributed by atoms with van der Waals surface area (Å²) in [6, 6.07) is 7.46. The maximum atomic E-state index is 12.2. The van der Waals surface area contributed by atoms with E-state index in [4.69, 9.17) is 4.42 Å². The normalized spacial score (nSPS) is 15.6. The van der Waals surface area contributed by atoms with Gasteiger partial charge in [-0.3, -0.25) is 10.1 Å². The molecule has 138 valence electrons. The first kappa shape index (κ1) is 18.4. The van der Waals surface area contributed by atoms with Crippen molar-refractivity contribution >= 4 is 23.7 Å². The van der Waals surface area contributed by atoms with Crippen LogP contribution in [0.2, 0.25) is 0 Å². The van der Waals surface area contributed by atoms with Gasteiger partial charge < -0.3 is 9.73 Å². The summed E-state index contributed by atoms with van der Waals surface area (Å²) in [6.45, 7) is 3.70. The molecule has 1 saturated carbocycles. The minimum absolute atomic E-state index is 0.166. The molecule has 0 spiro atoms. The van der Waals surface area contributed by atoms with E-state index >= 15 is 0 Å². The highest BCUT2D eigenvalue weighted by molar-refractivity contribution is 8.00. The van der Waals surface area contributed by atoms with Crippen molar-refractivity contribution in [1.29, 1.82) is 0 Å². The lowest BCUT2D eigenvalue weighted by molar-refractivity contribution is -0.119. The number of aryl methyl sites for hydroxylation is 1. The largest absolute Gasteiger partial charge is 0.411 e. The van der Waals surface area contributed by atoms with Gasteiger partial charge in [0.05, 0.1) is 5.25 Å². The molecule has 1 fully saturated rings. The quantitative estimate of drug-likeness (QED) is 0.780. The van der Waals surface area contributed by atoms with E-state index in [0.29, 0.717) is 11.1 Å². The highest BCUT2D eigenvalue weighted by Gasteiger charge is 2.22. The zero-order valence-corrected chi connectivity index (χ0v) is 15.6. The number of benzene rings is 1. The van der Waals surface area contributed by atoms with Gasteiger partial charge in [0.25, 0.3) is 5.22 Å². The van der Waals surface area contributed by atoms with Crippen LogP contribution in [0.5, 0.6) is 0 Å². The lowest BCUT2D eigenvalue weighted by Gasteiger charge is -2.13. The van der Waals surface area contributed by atoms with E-state index in [-0.39, 0.29) is 11.9 Å². The Balaban J connectivity index is 1.52. The van der Waals surface area contributed by atoms with E-state index in [1.807, 2.05) is 31.2 Å². The van der Waals surface area contributed by atoms with E-state index in [2.05, 4.69) is 20.8 Å². The lowest BCUT2D eigenvalue weighted by atomic mass is 10.1.